The fourth-order valence-electron chi connectivity index (χ4n) is 4.44. The highest BCUT2D eigenvalue weighted by Gasteiger charge is 2.37. The average Bonchev–Trinajstić information content (AvgIpc) is 2.82. The van der Waals surface area contributed by atoms with Crippen molar-refractivity contribution in [3.8, 4) is 0 Å². The molecule has 4 nitrogen and oxygen atoms in total. The van der Waals surface area contributed by atoms with Gasteiger partial charge >= 0.3 is 12.4 Å². The molecule has 1 aliphatic heterocycles. The van der Waals surface area contributed by atoms with Crippen molar-refractivity contribution >= 4 is 30.7 Å². The van der Waals surface area contributed by atoms with Gasteiger partial charge in [-0.25, -0.2) is 0 Å². The number of benzene rings is 2. The molecule has 2 aromatic carbocycles. The second kappa shape index (κ2) is 13.9. The van der Waals surface area contributed by atoms with E-state index in [-0.39, 0.29) is 55.3 Å². The second-order valence-corrected chi connectivity index (χ2v) is 9.40. The molecule has 0 N–H and O–H groups in total. The molecule has 0 saturated carbocycles. The van der Waals surface area contributed by atoms with Crippen LogP contribution in [0.15, 0.2) is 48.5 Å². The lowest BCUT2D eigenvalue weighted by Gasteiger charge is -2.41. The largest absolute Gasteiger partial charge is 0.416 e. The van der Waals surface area contributed by atoms with Crippen molar-refractivity contribution < 1.29 is 31.1 Å². The van der Waals surface area contributed by atoms with Gasteiger partial charge in [-0.3, -0.25) is 14.6 Å². The maximum Gasteiger partial charge on any atom is 0.416 e. The molecule has 1 aliphatic rings. The zero-order valence-electron chi connectivity index (χ0n) is 21.4. The molecule has 12 heteroatoms. The van der Waals surface area contributed by atoms with Crippen molar-refractivity contribution in [1.82, 2.24) is 14.7 Å². The van der Waals surface area contributed by atoms with Gasteiger partial charge in [-0.05, 0) is 49.6 Å². The SMILES string of the molecule is CC(C)N1CCN(C(C(=O)N(C)CCc2cc(C(F)(F)F)cc(C(F)(F)F)c2)c2ccccc2)CC1.Cl.Cl. The van der Waals surface area contributed by atoms with Crippen LogP contribution in [0.2, 0.25) is 0 Å². The molecule has 1 amide bonds. The van der Waals surface area contributed by atoms with Crippen molar-refractivity contribution in [2.24, 2.45) is 0 Å². The summed E-state index contributed by atoms with van der Waals surface area (Å²) in [7, 11) is 1.53. The second-order valence-electron chi connectivity index (χ2n) is 9.40. The van der Waals surface area contributed by atoms with Gasteiger partial charge in [0.05, 0.1) is 11.1 Å². The first-order chi connectivity index (χ1) is 16.8. The predicted molar refractivity (Wildman–Crippen MR) is 140 cm³/mol. The highest BCUT2D eigenvalue weighted by atomic mass is 35.5. The van der Waals surface area contributed by atoms with E-state index in [1.165, 1.54) is 11.9 Å². The molecule has 0 spiro atoms. The third-order valence-electron chi connectivity index (χ3n) is 6.55. The number of alkyl halides is 6. The summed E-state index contributed by atoms with van der Waals surface area (Å²) in [4.78, 5) is 19.3. The van der Waals surface area contributed by atoms with Crippen molar-refractivity contribution in [3.05, 3.63) is 70.8 Å². The molecule has 1 heterocycles. The number of nitrogens with zero attached hydrogens (tertiary/aromatic N) is 3. The number of rotatable bonds is 7. The van der Waals surface area contributed by atoms with Crippen LogP contribution in [0.3, 0.4) is 0 Å². The van der Waals surface area contributed by atoms with E-state index in [0.29, 0.717) is 31.3 Å². The first-order valence-electron chi connectivity index (χ1n) is 11.8. The molecule has 0 aromatic heterocycles. The van der Waals surface area contributed by atoms with Crippen LogP contribution in [0, 0.1) is 0 Å². The van der Waals surface area contributed by atoms with E-state index in [0.717, 1.165) is 18.7 Å². The van der Waals surface area contributed by atoms with Crippen molar-refractivity contribution in [2.45, 2.75) is 44.7 Å². The van der Waals surface area contributed by atoms with Crippen LogP contribution >= 0.6 is 24.8 Å². The summed E-state index contributed by atoms with van der Waals surface area (Å²) in [5.41, 5.74) is -2.04. The van der Waals surface area contributed by atoms with Gasteiger partial charge < -0.3 is 4.90 Å². The first-order valence-corrected chi connectivity index (χ1v) is 11.8. The third kappa shape index (κ3) is 8.76. The van der Waals surface area contributed by atoms with E-state index < -0.39 is 29.5 Å². The van der Waals surface area contributed by atoms with E-state index in [1.54, 1.807) is 0 Å². The van der Waals surface area contributed by atoms with Crippen molar-refractivity contribution in [3.63, 3.8) is 0 Å². The number of piperazine rings is 1. The number of halogens is 8. The molecular formula is C26H33Cl2F6N3O. The van der Waals surface area contributed by atoms with Crippen LogP contribution in [0.25, 0.3) is 0 Å². The van der Waals surface area contributed by atoms with Crippen LogP contribution in [-0.2, 0) is 23.6 Å². The van der Waals surface area contributed by atoms with Gasteiger partial charge in [0.15, 0.2) is 0 Å². The molecule has 1 unspecified atom stereocenters. The predicted octanol–water partition coefficient (Wildman–Crippen LogP) is 6.34. The monoisotopic (exact) mass is 587 g/mol. The van der Waals surface area contributed by atoms with Crippen LogP contribution < -0.4 is 0 Å². The molecular weight excluding hydrogens is 555 g/mol. The summed E-state index contributed by atoms with van der Waals surface area (Å²) in [6.07, 6.45) is -9.96. The summed E-state index contributed by atoms with van der Waals surface area (Å²) >= 11 is 0. The van der Waals surface area contributed by atoms with E-state index in [4.69, 9.17) is 0 Å². The Morgan fingerprint density at radius 3 is 1.76 bits per heavy atom. The number of carbonyl (C=O) groups excluding carboxylic acids is 1. The minimum Gasteiger partial charge on any atom is -0.344 e. The van der Waals surface area contributed by atoms with Gasteiger partial charge in [-0.1, -0.05) is 30.3 Å². The Morgan fingerprint density at radius 2 is 1.32 bits per heavy atom. The number of hydrogen-bond acceptors (Lipinski definition) is 3. The molecule has 1 fully saturated rings. The normalized spacial score (nSPS) is 15.9. The topological polar surface area (TPSA) is 26.8 Å². The van der Waals surface area contributed by atoms with Crippen molar-refractivity contribution in [1.29, 1.82) is 0 Å². The highest BCUT2D eigenvalue weighted by Crippen LogP contribution is 2.36. The molecule has 0 radical (unpaired) electrons. The van der Waals surface area contributed by atoms with Gasteiger partial charge in [0.2, 0.25) is 5.91 Å². The standard InChI is InChI=1S/C26H31F6N3O.2ClH/c1-18(2)34-11-13-35(14-12-34)23(20-7-5-4-6-8-20)24(36)33(3)10-9-19-15-21(25(27,28)29)17-22(16-19)26(30,31)32;;/h4-8,15-18,23H,9-14H2,1-3H3;2*1H. The molecule has 3 rings (SSSR count). The van der Waals surface area contributed by atoms with Crippen LogP contribution in [0.5, 0.6) is 0 Å². The number of amides is 1. The number of hydrogen-bond donors (Lipinski definition) is 0. The molecule has 1 atom stereocenters. The van der Waals surface area contributed by atoms with E-state index in [2.05, 4.69) is 23.6 Å². The minimum absolute atomic E-state index is 0. The Labute approximate surface area is 231 Å². The fraction of sp³-hybridized carbons (Fsp3) is 0.500. The fourth-order valence-corrected chi connectivity index (χ4v) is 4.44. The van der Waals surface area contributed by atoms with Crippen LogP contribution in [-0.4, -0.2) is 66.4 Å². The summed E-state index contributed by atoms with van der Waals surface area (Å²) < 4.78 is 79.2. The van der Waals surface area contributed by atoms with Gasteiger partial charge in [-0.2, -0.15) is 26.3 Å². The van der Waals surface area contributed by atoms with E-state index >= 15 is 0 Å². The molecule has 0 aliphatic carbocycles. The Hall–Kier alpha value is -2.01. The Balaban J connectivity index is 0.00000361. The minimum atomic E-state index is -4.91. The lowest BCUT2D eigenvalue weighted by atomic mass is 10.0. The van der Waals surface area contributed by atoms with Crippen LogP contribution in [0.1, 0.15) is 42.1 Å². The highest BCUT2D eigenvalue weighted by molar-refractivity contribution is 5.85. The van der Waals surface area contributed by atoms with Gasteiger partial charge in [0, 0.05) is 45.8 Å². The lowest BCUT2D eigenvalue weighted by Crippen LogP contribution is -2.52. The average molecular weight is 588 g/mol. The first kappa shape index (κ1) is 34.0. The number of carbonyl (C=O) groups is 1. The maximum absolute atomic E-state index is 13.5. The zero-order valence-corrected chi connectivity index (χ0v) is 23.0. The Bertz CT molecular complexity index is 994. The smallest absolute Gasteiger partial charge is 0.344 e. The maximum atomic E-state index is 13.5. The zero-order chi connectivity index (χ0) is 26.7. The quantitative estimate of drug-likeness (QED) is 0.354. The van der Waals surface area contributed by atoms with E-state index in [9.17, 15) is 31.1 Å². The summed E-state index contributed by atoms with van der Waals surface area (Å²) in [5.74, 6) is -0.248. The molecule has 1 saturated heterocycles. The third-order valence-corrected chi connectivity index (χ3v) is 6.55. The van der Waals surface area contributed by atoms with E-state index in [1.807, 2.05) is 30.3 Å². The van der Waals surface area contributed by atoms with Gasteiger partial charge in [0.1, 0.15) is 6.04 Å². The summed E-state index contributed by atoms with van der Waals surface area (Å²) in [5, 5.41) is 0. The summed E-state index contributed by atoms with van der Waals surface area (Å²) in [6, 6.07) is 10.6. The molecule has 2 aromatic rings. The molecule has 0 bridgehead atoms. The van der Waals surface area contributed by atoms with Crippen LogP contribution in [0.4, 0.5) is 26.3 Å². The van der Waals surface area contributed by atoms with Gasteiger partial charge in [0.25, 0.3) is 0 Å². The van der Waals surface area contributed by atoms with Gasteiger partial charge in [-0.15, -0.1) is 24.8 Å². The Kier molecular flexibility index (Phi) is 12.4. The lowest BCUT2D eigenvalue weighted by molar-refractivity contribution is -0.143. The van der Waals surface area contributed by atoms with Crippen molar-refractivity contribution in [2.75, 3.05) is 39.8 Å². The molecule has 38 heavy (non-hydrogen) atoms. The Morgan fingerprint density at radius 1 is 0.842 bits per heavy atom. The number of likely N-dealkylation sites (N-methyl/N-ethyl adjacent to an activating group) is 1. The summed E-state index contributed by atoms with van der Waals surface area (Å²) in [6.45, 7) is 7.12. The molecule has 214 valence electrons.